The van der Waals surface area contributed by atoms with Crippen molar-refractivity contribution >= 4 is 11.5 Å². The molecule has 1 heterocycles. The van der Waals surface area contributed by atoms with E-state index >= 15 is 0 Å². The Kier molecular flexibility index (Phi) is 3.38. The Bertz CT molecular complexity index is 454. The van der Waals surface area contributed by atoms with Crippen LogP contribution in [-0.4, -0.2) is 23.9 Å². The van der Waals surface area contributed by atoms with Gasteiger partial charge in [-0.15, -0.1) is 0 Å². The summed E-state index contributed by atoms with van der Waals surface area (Å²) in [5.41, 5.74) is 1.49. The molecule has 1 saturated carbocycles. The number of carbonyl (C=O) groups excluding carboxylic acids is 1. The van der Waals surface area contributed by atoms with E-state index < -0.39 is 0 Å². The molecule has 0 radical (unpaired) electrons. The number of pyridine rings is 1. The molecule has 0 aromatic carbocycles. The highest BCUT2D eigenvalue weighted by molar-refractivity contribution is 5.79. The number of hydrogen-bond acceptors (Lipinski definition) is 4. The van der Waals surface area contributed by atoms with Crippen LogP contribution in [0.15, 0.2) is 18.5 Å². The second-order valence-corrected chi connectivity index (χ2v) is 4.39. The molecule has 4 nitrogen and oxygen atoms in total. The van der Waals surface area contributed by atoms with E-state index in [1.807, 2.05) is 7.05 Å². The van der Waals surface area contributed by atoms with Crippen molar-refractivity contribution in [2.24, 2.45) is 0 Å². The number of Topliss-reactive ketones (excluding diaryl/α,β-unsaturated/α-hetero) is 1. The minimum Gasteiger partial charge on any atom is -0.369 e. The summed E-state index contributed by atoms with van der Waals surface area (Å²) in [5, 5.41) is 9.05. The number of nitriles is 1. The molecule has 0 unspecified atom stereocenters. The number of ketones is 1. The molecular weight excluding hydrogens is 214 g/mol. The quantitative estimate of drug-likeness (QED) is 0.777. The van der Waals surface area contributed by atoms with Gasteiger partial charge in [-0.05, 0) is 18.9 Å². The van der Waals surface area contributed by atoms with E-state index in [9.17, 15) is 4.79 Å². The minimum atomic E-state index is 0.337. The van der Waals surface area contributed by atoms with Crippen LogP contribution in [0.2, 0.25) is 0 Å². The van der Waals surface area contributed by atoms with Crippen molar-refractivity contribution < 1.29 is 4.79 Å². The van der Waals surface area contributed by atoms with E-state index in [1.165, 1.54) is 0 Å². The lowest BCUT2D eigenvalue weighted by molar-refractivity contribution is -0.120. The van der Waals surface area contributed by atoms with E-state index in [4.69, 9.17) is 5.26 Å². The molecule has 0 saturated heterocycles. The average molecular weight is 229 g/mol. The first-order chi connectivity index (χ1) is 8.22. The van der Waals surface area contributed by atoms with Crippen LogP contribution in [0.3, 0.4) is 0 Å². The molecule has 1 fully saturated rings. The Morgan fingerprint density at radius 2 is 2.18 bits per heavy atom. The molecular formula is C13H15N3O. The first kappa shape index (κ1) is 11.6. The Hall–Kier alpha value is -1.89. The molecule has 0 spiro atoms. The van der Waals surface area contributed by atoms with E-state index in [1.54, 1.807) is 18.5 Å². The summed E-state index contributed by atoms with van der Waals surface area (Å²) in [6.45, 7) is 0. The second kappa shape index (κ2) is 4.96. The van der Waals surface area contributed by atoms with Crippen LogP contribution >= 0.6 is 0 Å². The van der Waals surface area contributed by atoms with Gasteiger partial charge in [0.05, 0.1) is 17.4 Å². The molecule has 0 aliphatic heterocycles. The van der Waals surface area contributed by atoms with Gasteiger partial charge in [-0.1, -0.05) is 0 Å². The molecule has 1 aliphatic carbocycles. The summed E-state index contributed by atoms with van der Waals surface area (Å²) in [6, 6.07) is 4.23. The van der Waals surface area contributed by atoms with Crippen molar-refractivity contribution in [2.75, 3.05) is 11.9 Å². The van der Waals surface area contributed by atoms with Crippen molar-refractivity contribution in [1.29, 1.82) is 5.26 Å². The summed E-state index contributed by atoms with van der Waals surface area (Å²) >= 11 is 0. The Morgan fingerprint density at radius 3 is 2.82 bits per heavy atom. The predicted octanol–water partition coefficient (Wildman–Crippen LogP) is 1.90. The number of rotatable bonds is 2. The van der Waals surface area contributed by atoms with Gasteiger partial charge in [0, 0.05) is 32.1 Å². The smallest absolute Gasteiger partial charge is 0.133 e. The Labute approximate surface area is 101 Å². The standard InChI is InChI=1S/C13H15N3O/c1-16(11-2-4-12(17)5-3-11)13-9-15-7-6-10(13)8-14/h6-7,9,11H,2-5H2,1H3. The summed E-state index contributed by atoms with van der Waals surface area (Å²) < 4.78 is 0. The Balaban J connectivity index is 2.17. The molecule has 0 atom stereocenters. The van der Waals surface area contributed by atoms with Crippen molar-refractivity contribution in [3.05, 3.63) is 24.0 Å². The van der Waals surface area contributed by atoms with Crippen LogP contribution in [0.25, 0.3) is 0 Å². The fourth-order valence-electron chi connectivity index (χ4n) is 2.27. The van der Waals surface area contributed by atoms with Gasteiger partial charge >= 0.3 is 0 Å². The lowest BCUT2D eigenvalue weighted by atomic mass is 9.93. The molecule has 17 heavy (non-hydrogen) atoms. The zero-order valence-corrected chi connectivity index (χ0v) is 9.89. The highest BCUT2D eigenvalue weighted by Crippen LogP contribution is 2.26. The minimum absolute atomic E-state index is 0.337. The second-order valence-electron chi connectivity index (χ2n) is 4.39. The highest BCUT2D eigenvalue weighted by atomic mass is 16.1. The number of carbonyl (C=O) groups is 1. The monoisotopic (exact) mass is 229 g/mol. The number of aromatic nitrogens is 1. The van der Waals surface area contributed by atoms with Crippen molar-refractivity contribution in [3.8, 4) is 6.07 Å². The summed E-state index contributed by atoms with van der Waals surface area (Å²) in [4.78, 5) is 17.4. The first-order valence-electron chi connectivity index (χ1n) is 5.81. The summed E-state index contributed by atoms with van der Waals surface area (Å²) in [5.74, 6) is 0.348. The van der Waals surface area contributed by atoms with Gasteiger partial charge < -0.3 is 4.90 Å². The first-order valence-corrected chi connectivity index (χ1v) is 5.81. The lowest BCUT2D eigenvalue weighted by Crippen LogP contribution is -2.35. The molecule has 4 heteroatoms. The van der Waals surface area contributed by atoms with Gasteiger partial charge in [0.2, 0.25) is 0 Å². The molecule has 2 rings (SSSR count). The Morgan fingerprint density at radius 1 is 1.47 bits per heavy atom. The highest BCUT2D eigenvalue weighted by Gasteiger charge is 2.23. The SMILES string of the molecule is CN(c1cnccc1C#N)C1CCC(=O)CC1. The van der Waals surface area contributed by atoms with Gasteiger partial charge in [-0.3, -0.25) is 9.78 Å². The van der Waals surface area contributed by atoms with E-state index in [0.29, 0.717) is 30.2 Å². The number of nitrogens with zero attached hydrogens (tertiary/aromatic N) is 3. The normalized spacial score (nSPS) is 16.6. The van der Waals surface area contributed by atoms with Gasteiger partial charge in [0.25, 0.3) is 0 Å². The van der Waals surface area contributed by atoms with E-state index in [2.05, 4.69) is 16.0 Å². The average Bonchev–Trinajstić information content (AvgIpc) is 2.39. The fourth-order valence-corrected chi connectivity index (χ4v) is 2.27. The third-order valence-electron chi connectivity index (χ3n) is 3.36. The van der Waals surface area contributed by atoms with Gasteiger partial charge in [-0.25, -0.2) is 0 Å². The van der Waals surface area contributed by atoms with Crippen LogP contribution in [0.5, 0.6) is 0 Å². The maximum Gasteiger partial charge on any atom is 0.133 e. The van der Waals surface area contributed by atoms with Crippen LogP contribution in [0.4, 0.5) is 5.69 Å². The van der Waals surface area contributed by atoms with Crippen molar-refractivity contribution in [2.45, 2.75) is 31.7 Å². The molecule has 1 aromatic rings. The largest absolute Gasteiger partial charge is 0.369 e. The van der Waals surface area contributed by atoms with Crippen molar-refractivity contribution in [1.82, 2.24) is 4.98 Å². The summed E-state index contributed by atoms with van der Waals surface area (Å²) in [6.07, 6.45) is 6.38. The maximum atomic E-state index is 11.2. The molecule has 88 valence electrons. The van der Waals surface area contributed by atoms with Crippen molar-refractivity contribution in [3.63, 3.8) is 0 Å². The lowest BCUT2D eigenvalue weighted by Gasteiger charge is -2.32. The maximum absolute atomic E-state index is 11.2. The molecule has 1 aliphatic rings. The summed E-state index contributed by atoms with van der Waals surface area (Å²) in [7, 11) is 1.97. The van der Waals surface area contributed by atoms with E-state index in [-0.39, 0.29) is 0 Å². The third-order valence-corrected chi connectivity index (χ3v) is 3.36. The molecule has 0 N–H and O–H groups in total. The van der Waals surface area contributed by atoms with Gasteiger partial charge in [0.15, 0.2) is 0 Å². The molecule has 1 aromatic heterocycles. The third kappa shape index (κ3) is 2.44. The predicted molar refractivity (Wildman–Crippen MR) is 64.6 cm³/mol. The molecule has 0 bridgehead atoms. The van der Waals surface area contributed by atoms with Gasteiger partial charge in [-0.2, -0.15) is 5.26 Å². The fraction of sp³-hybridized carbons (Fsp3) is 0.462. The van der Waals surface area contributed by atoms with Gasteiger partial charge in [0.1, 0.15) is 11.9 Å². The van der Waals surface area contributed by atoms with Crippen LogP contribution in [-0.2, 0) is 4.79 Å². The molecule has 0 amide bonds. The number of hydrogen-bond donors (Lipinski definition) is 0. The topological polar surface area (TPSA) is 57.0 Å². The van der Waals surface area contributed by atoms with Crippen LogP contribution < -0.4 is 4.90 Å². The van der Waals surface area contributed by atoms with E-state index in [0.717, 1.165) is 18.5 Å². The van der Waals surface area contributed by atoms with Crippen LogP contribution in [0, 0.1) is 11.3 Å². The zero-order valence-electron chi connectivity index (χ0n) is 9.89. The van der Waals surface area contributed by atoms with Crippen LogP contribution in [0.1, 0.15) is 31.2 Å². The number of anilines is 1. The zero-order chi connectivity index (χ0) is 12.3.